The van der Waals surface area contributed by atoms with Gasteiger partial charge >= 0.3 is 0 Å². The van der Waals surface area contributed by atoms with Crippen molar-refractivity contribution in [1.82, 2.24) is 9.88 Å². The minimum atomic E-state index is -0.0214. The summed E-state index contributed by atoms with van der Waals surface area (Å²) in [4.78, 5) is 24.9. The molecule has 0 unspecified atom stereocenters. The highest BCUT2D eigenvalue weighted by Gasteiger charge is 2.24. The Morgan fingerprint density at radius 2 is 2.04 bits per heavy atom. The van der Waals surface area contributed by atoms with Gasteiger partial charge in [0.05, 0.1) is 0 Å². The number of benzene rings is 2. The minimum absolute atomic E-state index is 0.0202. The Kier molecular flexibility index (Phi) is 4.40. The highest BCUT2D eigenvalue weighted by molar-refractivity contribution is 5.96. The summed E-state index contributed by atoms with van der Waals surface area (Å²) in [5, 5.41) is 4.61. The second kappa shape index (κ2) is 6.88. The van der Waals surface area contributed by atoms with Gasteiger partial charge in [-0.05, 0) is 72.2 Å². The predicted molar refractivity (Wildman–Crippen MR) is 109 cm³/mol. The van der Waals surface area contributed by atoms with E-state index in [1.165, 1.54) is 0 Å². The number of nitrogens with one attached hydrogen (secondary N) is 1. The van der Waals surface area contributed by atoms with Crippen LogP contribution < -0.4 is 10.9 Å². The van der Waals surface area contributed by atoms with E-state index in [-0.39, 0.29) is 11.5 Å². The molecule has 136 valence electrons. The van der Waals surface area contributed by atoms with Crippen LogP contribution in [0.2, 0.25) is 0 Å². The number of rotatable bonds is 5. The number of allylic oxidation sites excluding steroid dienone is 1. The van der Waals surface area contributed by atoms with Crippen LogP contribution in [0.4, 0.5) is 0 Å². The minimum Gasteiger partial charge on any atom is -0.349 e. The maximum atomic E-state index is 12.5. The SMILES string of the molecule is C=CCn1ccc2cc(-c3cc(C(=O)NC4CC4)ccc3C)ccc2c1=O. The summed E-state index contributed by atoms with van der Waals surface area (Å²) in [5.41, 5.74) is 3.76. The highest BCUT2D eigenvalue weighted by Crippen LogP contribution is 2.28. The fraction of sp³-hybridized carbons (Fsp3) is 0.217. The first kappa shape index (κ1) is 17.3. The van der Waals surface area contributed by atoms with Gasteiger partial charge in [0, 0.05) is 29.7 Å². The monoisotopic (exact) mass is 358 g/mol. The number of aryl methyl sites for hydroxylation is 1. The first-order valence-electron chi connectivity index (χ1n) is 9.23. The van der Waals surface area contributed by atoms with E-state index in [0.717, 1.165) is 34.9 Å². The second-order valence-electron chi connectivity index (χ2n) is 7.14. The van der Waals surface area contributed by atoms with Gasteiger partial charge in [-0.1, -0.05) is 18.2 Å². The summed E-state index contributed by atoms with van der Waals surface area (Å²) in [6.07, 6.45) is 5.64. The van der Waals surface area contributed by atoms with Gasteiger partial charge in [0.15, 0.2) is 0 Å². The van der Waals surface area contributed by atoms with Gasteiger partial charge in [0.2, 0.25) is 0 Å². The molecule has 1 fully saturated rings. The molecule has 27 heavy (non-hydrogen) atoms. The first-order valence-corrected chi connectivity index (χ1v) is 9.23. The number of hydrogen-bond acceptors (Lipinski definition) is 2. The van der Waals surface area contributed by atoms with Crippen molar-refractivity contribution in [2.45, 2.75) is 32.4 Å². The van der Waals surface area contributed by atoms with Crippen LogP contribution >= 0.6 is 0 Å². The Morgan fingerprint density at radius 3 is 2.78 bits per heavy atom. The van der Waals surface area contributed by atoms with Gasteiger partial charge < -0.3 is 9.88 Å². The molecule has 3 aromatic rings. The van der Waals surface area contributed by atoms with Crippen LogP contribution in [0.3, 0.4) is 0 Å². The number of carbonyl (C=O) groups is 1. The Hall–Kier alpha value is -3.14. The fourth-order valence-electron chi connectivity index (χ4n) is 3.31. The van der Waals surface area contributed by atoms with Crippen LogP contribution in [-0.2, 0) is 6.54 Å². The van der Waals surface area contributed by atoms with Crippen molar-refractivity contribution in [3.63, 3.8) is 0 Å². The van der Waals surface area contributed by atoms with Crippen LogP contribution in [0, 0.1) is 6.92 Å². The molecule has 0 bridgehead atoms. The molecular formula is C23H22N2O2. The van der Waals surface area contributed by atoms with Crippen molar-refractivity contribution in [2.75, 3.05) is 0 Å². The van der Waals surface area contributed by atoms with Gasteiger partial charge in [-0.15, -0.1) is 6.58 Å². The van der Waals surface area contributed by atoms with Crippen molar-refractivity contribution >= 4 is 16.7 Å². The van der Waals surface area contributed by atoms with Gasteiger partial charge in [-0.2, -0.15) is 0 Å². The van der Waals surface area contributed by atoms with E-state index < -0.39 is 0 Å². The van der Waals surface area contributed by atoms with Crippen LogP contribution in [0.1, 0.15) is 28.8 Å². The van der Waals surface area contributed by atoms with Gasteiger partial charge in [-0.3, -0.25) is 9.59 Å². The molecule has 1 heterocycles. The predicted octanol–water partition coefficient (Wildman–Crippen LogP) is 4.06. The largest absolute Gasteiger partial charge is 0.349 e. The zero-order chi connectivity index (χ0) is 19.0. The average Bonchev–Trinajstić information content (AvgIpc) is 3.48. The lowest BCUT2D eigenvalue weighted by Gasteiger charge is -2.11. The van der Waals surface area contributed by atoms with Crippen LogP contribution in [-0.4, -0.2) is 16.5 Å². The Labute approximate surface area is 158 Å². The van der Waals surface area contributed by atoms with Gasteiger partial charge in [0.1, 0.15) is 0 Å². The number of pyridine rings is 1. The summed E-state index contributed by atoms with van der Waals surface area (Å²) in [5.74, 6) is -0.0214. The average molecular weight is 358 g/mol. The van der Waals surface area contributed by atoms with E-state index in [1.54, 1.807) is 16.8 Å². The standard InChI is InChI=1S/C23H22N2O2/c1-3-11-25-12-10-17-13-16(6-9-20(17)23(25)27)21-14-18(5-4-15(21)2)22(26)24-19-7-8-19/h3-6,9-10,12-14,19H,1,7-8,11H2,2H3,(H,24,26). The molecule has 2 aromatic carbocycles. The van der Waals surface area contributed by atoms with Gasteiger partial charge in [-0.25, -0.2) is 0 Å². The normalized spacial score (nSPS) is 13.5. The van der Waals surface area contributed by atoms with Crippen molar-refractivity contribution in [2.24, 2.45) is 0 Å². The summed E-state index contributed by atoms with van der Waals surface area (Å²) in [7, 11) is 0. The van der Waals surface area contributed by atoms with Crippen LogP contribution in [0.5, 0.6) is 0 Å². The van der Waals surface area contributed by atoms with E-state index in [9.17, 15) is 9.59 Å². The maximum absolute atomic E-state index is 12.5. The molecule has 4 rings (SSSR count). The smallest absolute Gasteiger partial charge is 0.258 e. The number of amides is 1. The Morgan fingerprint density at radius 1 is 1.22 bits per heavy atom. The second-order valence-corrected chi connectivity index (χ2v) is 7.14. The van der Waals surface area contributed by atoms with Crippen LogP contribution in [0.15, 0.2) is 66.1 Å². The van der Waals surface area contributed by atoms with E-state index in [0.29, 0.717) is 23.5 Å². The van der Waals surface area contributed by atoms with E-state index in [2.05, 4.69) is 11.9 Å². The quantitative estimate of drug-likeness (QED) is 0.700. The van der Waals surface area contributed by atoms with E-state index in [4.69, 9.17) is 0 Å². The third-order valence-electron chi connectivity index (χ3n) is 5.03. The molecule has 1 aromatic heterocycles. The van der Waals surface area contributed by atoms with Crippen molar-refractivity contribution in [3.8, 4) is 11.1 Å². The molecule has 1 N–H and O–H groups in total. The van der Waals surface area contributed by atoms with Crippen molar-refractivity contribution in [1.29, 1.82) is 0 Å². The number of hydrogen-bond donors (Lipinski definition) is 1. The molecule has 1 aliphatic rings. The third kappa shape index (κ3) is 3.43. The molecule has 0 radical (unpaired) electrons. The molecule has 1 amide bonds. The zero-order valence-electron chi connectivity index (χ0n) is 15.4. The highest BCUT2D eigenvalue weighted by atomic mass is 16.1. The lowest BCUT2D eigenvalue weighted by atomic mass is 9.96. The fourth-order valence-corrected chi connectivity index (χ4v) is 3.31. The molecule has 0 saturated heterocycles. The third-order valence-corrected chi connectivity index (χ3v) is 5.03. The van der Waals surface area contributed by atoms with Crippen molar-refractivity contribution in [3.05, 3.63) is 82.8 Å². The molecule has 0 spiro atoms. The number of fused-ring (bicyclic) bond motifs is 1. The van der Waals surface area contributed by atoms with E-state index >= 15 is 0 Å². The molecule has 1 aliphatic carbocycles. The van der Waals surface area contributed by atoms with Crippen LogP contribution in [0.25, 0.3) is 21.9 Å². The number of carbonyl (C=O) groups excluding carboxylic acids is 1. The molecular weight excluding hydrogens is 336 g/mol. The molecule has 4 heteroatoms. The summed E-state index contributed by atoms with van der Waals surface area (Å²) >= 11 is 0. The molecule has 4 nitrogen and oxygen atoms in total. The molecule has 1 saturated carbocycles. The molecule has 0 aliphatic heterocycles. The summed E-state index contributed by atoms with van der Waals surface area (Å²) in [6.45, 7) is 6.22. The van der Waals surface area contributed by atoms with Gasteiger partial charge in [0.25, 0.3) is 11.5 Å². The lowest BCUT2D eigenvalue weighted by molar-refractivity contribution is 0.0951. The molecule has 0 atom stereocenters. The number of aromatic nitrogens is 1. The zero-order valence-corrected chi connectivity index (χ0v) is 15.4. The van der Waals surface area contributed by atoms with E-state index in [1.807, 2.05) is 49.4 Å². The number of nitrogens with zero attached hydrogens (tertiary/aromatic N) is 1. The maximum Gasteiger partial charge on any atom is 0.258 e. The van der Waals surface area contributed by atoms with Crippen molar-refractivity contribution < 1.29 is 4.79 Å². The summed E-state index contributed by atoms with van der Waals surface area (Å²) in [6, 6.07) is 13.9. The Balaban J connectivity index is 1.75. The lowest BCUT2D eigenvalue weighted by Crippen LogP contribution is -2.25. The topological polar surface area (TPSA) is 51.1 Å². The first-order chi connectivity index (χ1) is 13.1. The summed E-state index contributed by atoms with van der Waals surface area (Å²) < 4.78 is 1.64. The Bertz CT molecular complexity index is 1110.